The molecule has 8 heteroatoms. The van der Waals surface area contributed by atoms with E-state index in [1.807, 2.05) is 0 Å². The zero-order valence-electron chi connectivity index (χ0n) is 14.3. The van der Waals surface area contributed by atoms with Gasteiger partial charge in [0.15, 0.2) is 0 Å². The highest BCUT2D eigenvalue weighted by Crippen LogP contribution is 2.27. The van der Waals surface area contributed by atoms with E-state index in [0.717, 1.165) is 32.1 Å². The molecule has 1 aromatic rings. The predicted molar refractivity (Wildman–Crippen MR) is 100 cm³/mol. The number of rotatable bonds is 5. The summed E-state index contributed by atoms with van der Waals surface area (Å²) in [5.74, 6) is -0.174. The minimum absolute atomic E-state index is 0. The quantitative estimate of drug-likeness (QED) is 0.721. The summed E-state index contributed by atoms with van der Waals surface area (Å²) in [7, 11) is -3.54. The molecule has 2 atom stereocenters. The molecule has 140 valence electrons. The van der Waals surface area contributed by atoms with Crippen LogP contribution in [0.25, 0.3) is 0 Å². The lowest BCUT2D eigenvalue weighted by Gasteiger charge is -2.25. The van der Waals surface area contributed by atoms with Crippen LogP contribution in [0.1, 0.15) is 44.1 Å². The van der Waals surface area contributed by atoms with Crippen LogP contribution in [0.2, 0.25) is 0 Å². The Balaban J connectivity index is 0.00000225. The van der Waals surface area contributed by atoms with Crippen molar-refractivity contribution in [1.29, 1.82) is 0 Å². The third kappa shape index (κ3) is 5.17. The molecular formula is C17H26ClN3O3S. The molecule has 6 nitrogen and oxygen atoms in total. The summed E-state index contributed by atoms with van der Waals surface area (Å²) >= 11 is 0. The molecule has 0 spiro atoms. The van der Waals surface area contributed by atoms with E-state index in [1.165, 1.54) is 0 Å². The minimum Gasteiger partial charge on any atom is -0.328 e. The van der Waals surface area contributed by atoms with Gasteiger partial charge in [-0.3, -0.25) is 4.79 Å². The molecule has 0 radical (unpaired) electrons. The number of benzene rings is 1. The van der Waals surface area contributed by atoms with Crippen molar-refractivity contribution in [2.45, 2.75) is 62.4 Å². The summed E-state index contributed by atoms with van der Waals surface area (Å²) in [6.07, 6.45) is 5.21. The van der Waals surface area contributed by atoms with E-state index in [4.69, 9.17) is 5.73 Å². The Morgan fingerprint density at radius 3 is 2.56 bits per heavy atom. The first kappa shape index (κ1) is 20.2. The van der Waals surface area contributed by atoms with Gasteiger partial charge in [-0.1, -0.05) is 12.5 Å². The van der Waals surface area contributed by atoms with Gasteiger partial charge in [0, 0.05) is 23.7 Å². The number of hydrogen-bond donors (Lipinski definition) is 3. The van der Waals surface area contributed by atoms with Gasteiger partial charge in [0.25, 0.3) is 0 Å². The van der Waals surface area contributed by atoms with Gasteiger partial charge >= 0.3 is 0 Å². The standard InChI is InChI=1S/C17H25N3O3S.ClH/c1-11-5-6-15(10-16(11)24(22,23)20-14-7-8-14)19-17(21)12-3-2-4-13(18)9-12;/h5-6,10,12-14,20H,2-4,7-9,18H2,1H3,(H,19,21);1H. The Bertz CT molecular complexity index is 735. The molecule has 0 aliphatic heterocycles. The van der Waals surface area contributed by atoms with Crippen molar-refractivity contribution in [3.05, 3.63) is 23.8 Å². The van der Waals surface area contributed by atoms with Crippen LogP contribution in [0, 0.1) is 12.8 Å². The SMILES string of the molecule is Cc1ccc(NC(=O)C2CCCC(N)C2)cc1S(=O)(=O)NC1CC1.Cl. The largest absolute Gasteiger partial charge is 0.328 e. The number of aryl methyl sites for hydroxylation is 1. The topological polar surface area (TPSA) is 101 Å². The summed E-state index contributed by atoms with van der Waals surface area (Å²) in [6.45, 7) is 1.76. The molecule has 2 aliphatic rings. The van der Waals surface area contributed by atoms with Crippen LogP contribution in [0.5, 0.6) is 0 Å². The summed E-state index contributed by atoms with van der Waals surface area (Å²) < 4.78 is 27.6. The molecule has 2 saturated carbocycles. The molecule has 2 aliphatic carbocycles. The maximum absolute atomic E-state index is 12.4. The lowest BCUT2D eigenvalue weighted by Crippen LogP contribution is -2.34. The van der Waals surface area contributed by atoms with E-state index in [-0.39, 0.29) is 41.2 Å². The van der Waals surface area contributed by atoms with E-state index < -0.39 is 10.0 Å². The number of carbonyl (C=O) groups is 1. The lowest BCUT2D eigenvalue weighted by atomic mass is 9.85. The molecule has 0 heterocycles. The van der Waals surface area contributed by atoms with E-state index in [2.05, 4.69) is 10.0 Å². The summed E-state index contributed by atoms with van der Waals surface area (Å²) in [5.41, 5.74) is 7.12. The van der Waals surface area contributed by atoms with E-state index in [9.17, 15) is 13.2 Å². The number of nitrogens with two attached hydrogens (primary N) is 1. The van der Waals surface area contributed by atoms with Crippen molar-refractivity contribution in [2.24, 2.45) is 11.7 Å². The number of nitrogens with one attached hydrogen (secondary N) is 2. The highest BCUT2D eigenvalue weighted by molar-refractivity contribution is 7.89. The van der Waals surface area contributed by atoms with E-state index in [1.54, 1.807) is 25.1 Å². The van der Waals surface area contributed by atoms with Gasteiger partial charge in [-0.15, -0.1) is 12.4 Å². The van der Waals surface area contributed by atoms with Crippen molar-refractivity contribution < 1.29 is 13.2 Å². The van der Waals surface area contributed by atoms with Crippen LogP contribution in [-0.4, -0.2) is 26.4 Å². The molecule has 0 saturated heterocycles. The maximum Gasteiger partial charge on any atom is 0.241 e. The Morgan fingerprint density at radius 2 is 1.92 bits per heavy atom. The van der Waals surface area contributed by atoms with Gasteiger partial charge in [0.2, 0.25) is 15.9 Å². The molecule has 3 rings (SSSR count). The summed E-state index contributed by atoms with van der Waals surface area (Å²) in [4.78, 5) is 12.6. The van der Waals surface area contributed by atoms with Gasteiger partial charge in [-0.25, -0.2) is 13.1 Å². The number of amides is 1. The van der Waals surface area contributed by atoms with Crippen molar-refractivity contribution in [1.82, 2.24) is 4.72 Å². The van der Waals surface area contributed by atoms with Crippen molar-refractivity contribution in [3.8, 4) is 0 Å². The number of carbonyl (C=O) groups excluding carboxylic acids is 1. The molecule has 2 fully saturated rings. The van der Waals surface area contributed by atoms with Crippen LogP contribution < -0.4 is 15.8 Å². The fourth-order valence-electron chi connectivity index (χ4n) is 3.16. The van der Waals surface area contributed by atoms with Gasteiger partial charge in [0.1, 0.15) is 0 Å². The molecule has 1 amide bonds. The molecule has 1 aromatic carbocycles. The summed E-state index contributed by atoms with van der Waals surface area (Å²) in [6, 6.07) is 5.14. The third-order valence-corrected chi connectivity index (χ3v) is 6.39. The minimum atomic E-state index is -3.54. The molecule has 4 N–H and O–H groups in total. The average Bonchev–Trinajstić information content (AvgIpc) is 3.32. The van der Waals surface area contributed by atoms with Gasteiger partial charge in [-0.2, -0.15) is 0 Å². The molecule has 0 bridgehead atoms. The van der Waals surface area contributed by atoms with Crippen LogP contribution in [-0.2, 0) is 14.8 Å². The zero-order chi connectivity index (χ0) is 17.3. The third-order valence-electron chi connectivity index (χ3n) is 4.73. The number of halogens is 1. The Hall–Kier alpha value is -1.15. The highest BCUT2D eigenvalue weighted by atomic mass is 35.5. The monoisotopic (exact) mass is 387 g/mol. The first-order chi connectivity index (χ1) is 11.3. The molecular weight excluding hydrogens is 362 g/mol. The van der Waals surface area contributed by atoms with Crippen LogP contribution in [0.15, 0.2) is 23.1 Å². The Morgan fingerprint density at radius 1 is 1.20 bits per heavy atom. The molecule has 0 aromatic heterocycles. The number of anilines is 1. The van der Waals surface area contributed by atoms with Crippen molar-refractivity contribution in [3.63, 3.8) is 0 Å². The fraction of sp³-hybridized carbons (Fsp3) is 0.588. The smallest absolute Gasteiger partial charge is 0.241 e. The number of hydrogen-bond acceptors (Lipinski definition) is 4. The first-order valence-electron chi connectivity index (χ1n) is 8.54. The zero-order valence-corrected chi connectivity index (χ0v) is 16.0. The Labute approximate surface area is 155 Å². The van der Waals surface area contributed by atoms with Gasteiger partial charge < -0.3 is 11.1 Å². The second kappa shape index (κ2) is 8.03. The van der Waals surface area contributed by atoms with E-state index in [0.29, 0.717) is 17.7 Å². The van der Waals surface area contributed by atoms with Crippen LogP contribution in [0.4, 0.5) is 5.69 Å². The van der Waals surface area contributed by atoms with Crippen LogP contribution >= 0.6 is 12.4 Å². The Kier molecular flexibility index (Phi) is 6.48. The number of sulfonamides is 1. The maximum atomic E-state index is 12.4. The van der Waals surface area contributed by atoms with Gasteiger partial charge in [-0.05, 0) is 56.7 Å². The average molecular weight is 388 g/mol. The second-order valence-electron chi connectivity index (χ2n) is 6.99. The summed E-state index contributed by atoms with van der Waals surface area (Å²) in [5, 5.41) is 2.85. The normalized spacial score (nSPS) is 23.6. The predicted octanol–water partition coefficient (Wildman–Crippen LogP) is 2.31. The fourth-order valence-corrected chi connectivity index (χ4v) is 4.74. The second-order valence-corrected chi connectivity index (χ2v) is 8.67. The first-order valence-corrected chi connectivity index (χ1v) is 10.0. The lowest BCUT2D eigenvalue weighted by molar-refractivity contribution is -0.120. The van der Waals surface area contributed by atoms with Gasteiger partial charge in [0.05, 0.1) is 4.90 Å². The molecule has 2 unspecified atom stereocenters. The van der Waals surface area contributed by atoms with Crippen LogP contribution in [0.3, 0.4) is 0 Å². The highest BCUT2D eigenvalue weighted by Gasteiger charge is 2.29. The molecule has 25 heavy (non-hydrogen) atoms. The van der Waals surface area contributed by atoms with Crippen molar-refractivity contribution >= 4 is 34.0 Å². The van der Waals surface area contributed by atoms with E-state index >= 15 is 0 Å². The van der Waals surface area contributed by atoms with Crippen molar-refractivity contribution in [2.75, 3.05) is 5.32 Å².